The van der Waals surface area contributed by atoms with Crippen molar-refractivity contribution >= 4 is 23.1 Å². The molecule has 0 saturated carbocycles. The molecule has 0 fully saturated rings. The fraction of sp³-hybridized carbons (Fsp3) is 0.167. The van der Waals surface area contributed by atoms with E-state index in [1.54, 1.807) is 67.6 Å². The van der Waals surface area contributed by atoms with Crippen LogP contribution in [0.4, 0.5) is 13.2 Å². The molecule has 0 aliphatic heterocycles. The Morgan fingerprint density at radius 2 is 1.44 bits per heavy atom. The van der Waals surface area contributed by atoms with Crippen LogP contribution in [0.3, 0.4) is 0 Å². The van der Waals surface area contributed by atoms with Crippen LogP contribution in [0.25, 0.3) is 0 Å². The van der Waals surface area contributed by atoms with E-state index in [0.717, 1.165) is 4.68 Å². The van der Waals surface area contributed by atoms with Crippen molar-refractivity contribution in [2.45, 2.75) is 19.6 Å². The van der Waals surface area contributed by atoms with Crippen molar-refractivity contribution in [3.8, 4) is 0 Å². The van der Waals surface area contributed by atoms with Crippen molar-refractivity contribution in [3.05, 3.63) is 72.6 Å². The standard InChI is InChI=1S/C18H16F3N2OP/c1-14-17(12-23(22-14)13-18(19,20)21)25(24,15-8-4-2-5-9-15)16-10-6-3-7-11-16/h2-12H,13H2,1H3. The lowest BCUT2D eigenvalue weighted by Crippen LogP contribution is -2.26. The average molecular weight is 364 g/mol. The summed E-state index contributed by atoms with van der Waals surface area (Å²) >= 11 is 0. The first kappa shape index (κ1) is 17.5. The molecule has 0 radical (unpaired) electrons. The summed E-state index contributed by atoms with van der Waals surface area (Å²) in [5, 5.41) is 5.40. The van der Waals surface area contributed by atoms with E-state index in [2.05, 4.69) is 5.10 Å². The molecule has 3 nitrogen and oxygen atoms in total. The van der Waals surface area contributed by atoms with E-state index in [1.807, 2.05) is 0 Å². The third kappa shape index (κ3) is 3.54. The molecule has 1 aromatic heterocycles. The Bertz CT molecular complexity index is 862. The molecule has 0 N–H and O–H groups in total. The molecule has 0 unspecified atom stereocenters. The molecular weight excluding hydrogens is 348 g/mol. The fourth-order valence-corrected chi connectivity index (χ4v) is 5.62. The largest absolute Gasteiger partial charge is 0.408 e. The van der Waals surface area contributed by atoms with E-state index in [1.165, 1.54) is 6.20 Å². The SMILES string of the molecule is Cc1nn(CC(F)(F)F)cc1P(=O)(c1ccccc1)c1ccccc1. The number of aryl methyl sites for hydroxylation is 1. The lowest BCUT2D eigenvalue weighted by atomic mass is 10.4. The second-order valence-corrected chi connectivity index (χ2v) is 8.43. The van der Waals surface area contributed by atoms with Crippen molar-refractivity contribution in [2.75, 3.05) is 0 Å². The second kappa shape index (κ2) is 6.52. The summed E-state index contributed by atoms with van der Waals surface area (Å²) in [6.45, 7) is 0.373. The normalized spacial score (nSPS) is 12.3. The van der Waals surface area contributed by atoms with Crippen molar-refractivity contribution in [2.24, 2.45) is 0 Å². The van der Waals surface area contributed by atoms with Gasteiger partial charge in [0, 0.05) is 16.8 Å². The van der Waals surface area contributed by atoms with Crippen molar-refractivity contribution in [3.63, 3.8) is 0 Å². The van der Waals surface area contributed by atoms with Crippen LogP contribution in [-0.4, -0.2) is 16.0 Å². The number of benzene rings is 2. The minimum absolute atomic E-state index is 0.328. The Balaban J connectivity index is 2.19. The van der Waals surface area contributed by atoms with Crippen molar-refractivity contribution < 1.29 is 17.7 Å². The van der Waals surface area contributed by atoms with Gasteiger partial charge in [0.2, 0.25) is 0 Å². The number of halogens is 3. The minimum atomic E-state index is -4.39. The van der Waals surface area contributed by atoms with E-state index < -0.39 is 19.9 Å². The Kier molecular flexibility index (Phi) is 4.56. The predicted molar refractivity (Wildman–Crippen MR) is 92.4 cm³/mol. The fourth-order valence-electron chi connectivity index (χ4n) is 2.78. The number of nitrogens with zero attached hydrogens (tertiary/aromatic N) is 2. The van der Waals surface area contributed by atoms with Gasteiger partial charge in [-0.05, 0) is 6.92 Å². The van der Waals surface area contributed by atoms with Crippen LogP contribution in [0.15, 0.2) is 66.9 Å². The zero-order valence-corrected chi connectivity index (χ0v) is 14.3. The highest BCUT2D eigenvalue weighted by atomic mass is 31.2. The van der Waals surface area contributed by atoms with Gasteiger partial charge in [0.25, 0.3) is 0 Å². The molecule has 0 bridgehead atoms. The highest BCUT2D eigenvalue weighted by Gasteiger charge is 2.35. The van der Waals surface area contributed by atoms with Crippen LogP contribution in [0.1, 0.15) is 5.69 Å². The van der Waals surface area contributed by atoms with Gasteiger partial charge in [-0.2, -0.15) is 18.3 Å². The summed E-state index contributed by atoms with van der Waals surface area (Å²) in [5.41, 5.74) is 0.334. The summed E-state index contributed by atoms with van der Waals surface area (Å²) < 4.78 is 53.0. The second-order valence-electron chi connectivity index (χ2n) is 5.69. The number of alkyl halides is 3. The third-order valence-electron chi connectivity index (χ3n) is 3.84. The van der Waals surface area contributed by atoms with Gasteiger partial charge in [-0.15, -0.1) is 0 Å². The average Bonchev–Trinajstić information content (AvgIpc) is 2.94. The molecule has 0 atom stereocenters. The number of hydrogen-bond donors (Lipinski definition) is 0. The molecule has 0 amide bonds. The minimum Gasteiger partial charge on any atom is -0.309 e. The van der Waals surface area contributed by atoms with E-state index in [-0.39, 0.29) is 0 Å². The third-order valence-corrected chi connectivity index (χ3v) is 7.01. The summed E-state index contributed by atoms with van der Waals surface area (Å²) in [4.78, 5) is 0. The number of aromatic nitrogens is 2. The zero-order chi connectivity index (χ0) is 18.1. The van der Waals surface area contributed by atoms with Crippen molar-refractivity contribution in [1.82, 2.24) is 9.78 Å². The van der Waals surface area contributed by atoms with E-state index >= 15 is 0 Å². The first-order valence-electron chi connectivity index (χ1n) is 7.63. The maximum Gasteiger partial charge on any atom is 0.408 e. The summed E-state index contributed by atoms with van der Waals surface area (Å²) in [7, 11) is -3.31. The maximum atomic E-state index is 14.1. The molecule has 25 heavy (non-hydrogen) atoms. The van der Waals surface area contributed by atoms with E-state index in [4.69, 9.17) is 0 Å². The van der Waals surface area contributed by atoms with Gasteiger partial charge in [0.15, 0.2) is 7.14 Å². The lowest BCUT2D eigenvalue weighted by Gasteiger charge is -2.18. The van der Waals surface area contributed by atoms with Gasteiger partial charge in [0.05, 0.1) is 11.0 Å². The first-order chi connectivity index (χ1) is 11.8. The van der Waals surface area contributed by atoms with Gasteiger partial charge in [-0.1, -0.05) is 60.7 Å². The number of rotatable bonds is 4. The highest BCUT2D eigenvalue weighted by molar-refractivity contribution is 7.85. The monoisotopic (exact) mass is 364 g/mol. The first-order valence-corrected chi connectivity index (χ1v) is 9.34. The van der Waals surface area contributed by atoms with Crippen LogP contribution in [0.5, 0.6) is 0 Å². The molecule has 0 saturated heterocycles. The summed E-state index contributed by atoms with van der Waals surface area (Å²) in [6, 6.07) is 17.6. The molecule has 0 aliphatic carbocycles. The molecule has 1 heterocycles. The van der Waals surface area contributed by atoms with Gasteiger partial charge in [0.1, 0.15) is 6.54 Å². The Labute approximate surface area is 143 Å². The van der Waals surface area contributed by atoms with Crippen LogP contribution in [0.2, 0.25) is 0 Å². The maximum absolute atomic E-state index is 14.1. The summed E-state index contributed by atoms with van der Waals surface area (Å²) in [5.74, 6) is 0. The van der Waals surface area contributed by atoms with Crippen LogP contribution < -0.4 is 15.9 Å². The van der Waals surface area contributed by atoms with Crippen LogP contribution in [0, 0.1) is 6.92 Å². The van der Waals surface area contributed by atoms with E-state index in [9.17, 15) is 17.7 Å². The quantitative estimate of drug-likeness (QED) is 0.665. The molecule has 0 spiro atoms. The molecule has 3 rings (SSSR count). The summed E-state index contributed by atoms with van der Waals surface area (Å²) in [6.07, 6.45) is -3.14. The van der Waals surface area contributed by atoms with Gasteiger partial charge >= 0.3 is 6.18 Å². The molecule has 2 aromatic carbocycles. The molecule has 130 valence electrons. The molecular formula is C18H16F3N2OP. The Morgan fingerprint density at radius 1 is 0.960 bits per heavy atom. The van der Waals surface area contributed by atoms with Crippen LogP contribution in [-0.2, 0) is 11.1 Å². The lowest BCUT2D eigenvalue weighted by molar-refractivity contribution is -0.142. The molecule has 3 aromatic rings. The van der Waals surface area contributed by atoms with Gasteiger partial charge < -0.3 is 4.57 Å². The van der Waals surface area contributed by atoms with Gasteiger partial charge in [-0.3, -0.25) is 4.68 Å². The highest BCUT2D eigenvalue weighted by Crippen LogP contribution is 2.43. The Hall–Kier alpha value is -2.33. The van der Waals surface area contributed by atoms with Crippen LogP contribution >= 0.6 is 7.14 Å². The Morgan fingerprint density at radius 3 is 1.88 bits per heavy atom. The molecule has 0 aliphatic rings. The molecule has 7 heteroatoms. The topological polar surface area (TPSA) is 34.9 Å². The zero-order valence-electron chi connectivity index (χ0n) is 13.4. The predicted octanol–water partition coefficient (Wildman–Crippen LogP) is 3.39. The smallest absolute Gasteiger partial charge is 0.309 e. The number of hydrogen-bond acceptors (Lipinski definition) is 2. The van der Waals surface area contributed by atoms with Crippen molar-refractivity contribution in [1.29, 1.82) is 0 Å². The van der Waals surface area contributed by atoms with Gasteiger partial charge in [-0.25, -0.2) is 0 Å². The van der Waals surface area contributed by atoms with E-state index in [0.29, 0.717) is 21.6 Å².